The topological polar surface area (TPSA) is 53.1 Å². The SMILES string of the molecule is NCCc1nc2ccccc2n1CCCCOc1ccc(Cl)cc1. The first-order valence-electron chi connectivity index (χ1n) is 8.30. The van der Waals surface area contributed by atoms with Gasteiger partial charge in [-0.25, -0.2) is 4.98 Å². The summed E-state index contributed by atoms with van der Waals surface area (Å²) in [7, 11) is 0. The molecule has 3 aromatic rings. The van der Waals surface area contributed by atoms with E-state index in [1.165, 1.54) is 5.52 Å². The number of aryl methyl sites for hydroxylation is 1. The van der Waals surface area contributed by atoms with Crippen LogP contribution in [0.1, 0.15) is 18.7 Å². The minimum absolute atomic E-state index is 0.614. The Morgan fingerprint density at radius 2 is 1.83 bits per heavy atom. The van der Waals surface area contributed by atoms with Gasteiger partial charge in [0.15, 0.2) is 0 Å². The first-order chi connectivity index (χ1) is 11.8. The van der Waals surface area contributed by atoms with Crippen LogP contribution in [0, 0.1) is 0 Å². The van der Waals surface area contributed by atoms with Crippen molar-refractivity contribution in [2.45, 2.75) is 25.8 Å². The van der Waals surface area contributed by atoms with Crippen molar-refractivity contribution in [1.82, 2.24) is 9.55 Å². The van der Waals surface area contributed by atoms with Crippen LogP contribution in [0.15, 0.2) is 48.5 Å². The van der Waals surface area contributed by atoms with Crippen LogP contribution in [0.2, 0.25) is 5.02 Å². The highest BCUT2D eigenvalue weighted by molar-refractivity contribution is 6.30. The molecule has 0 saturated carbocycles. The van der Waals surface area contributed by atoms with Crippen LogP contribution < -0.4 is 10.5 Å². The van der Waals surface area contributed by atoms with E-state index in [4.69, 9.17) is 27.1 Å². The average Bonchev–Trinajstić information content (AvgIpc) is 2.94. The van der Waals surface area contributed by atoms with E-state index in [0.717, 1.165) is 47.9 Å². The average molecular weight is 344 g/mol. The van der Waals surface area contributed by atoms with Crippen molar-refractivity contribution in [2.75, 3.05) is 13.2 Å². The van der Waals surface area contributed by atoms with Crippen LogP contribution in [0.3, 0.4) is 0 Å². The molecule has 0 saturated heterocycles. The largest absolute Gasteiger partial charge is 0.494 e. The minimum atomic E-state index is 0.614. The number of nitrogens with zero attached hydrogens (tertiary/aromatic N) is 2. The van der Waals surface area contributed by atoms with E-state index in [-0.39, 0.29) is 0 Å². The summed E-state index contributed by atoms with van der Waals surface area (Å²) < 4.78 is 8.02. The first-order valence-corrected chi connectivity index (χ1v) is 8.68. The number of nitrogens with two attached hydrogens (primary N) is 1. The molecule has 0 amide bonds. The van der Waals surface area contributed by atoms with Crippen LogP contribution in [0.4, 0.5) is 0 Å². The molecule has 4 nitrogen and oxygen atoms in total. The number of fused-ring (bicyclic) bond motifs is 1. The number of para-hydroxylation sites is 2. The second-order valence-electron chi connectivity index (χ2n) is 5.72. The molecular formula is C19H22ClN3O. The third-order valence-corrected chi connectivity index (χ3v) is 4.21. The van der Waals surface area contributed by atoms with Gasteiger partial charge < -0.3 is 15.0 Å². The molecule has 5 heteroatoms. The highest BCUT2D eigenvalue weighted by atomic mass is 35.5. The summed E-state index contributed by atoms with van der Waals surface area (Å²) in [4.78, 5) is 4.70. The van der Waals surface area contributed by atoms with Crippen LogP contribution in [-0.2, 0) is 13.0 Å². The third-order valence-electron chi connectivity index (χ3n) is 3.96. The number of halogens is 1. The summed E-state index contributed by atoms with van der Waals surface area (Å²) in [5.74, 6) is 1.92. The lowest BCUT2D eigenvalue weighted by Gasteiger charge is -2.10. The lowest BCUT2D eigenvalue weighted by atomic mass is 10.3. The fourth-order valence-electron chi connectivity index (χ4n) is 2.79. The molecular weight excluding hydrogens is 322 g/mol. The molecule has 126 valence electrons. The van der Waals surface area contributed by atoms with Crippen molar-refractivity contribution < 1.29 is 4.74 Å². The van der Waals surface area contributed by atoms with Gasteiger partial charge in [0.1, 0.15) is 11.6 Å². The van der Waals surface area contributed by atoms with Gasteiger partial charge in [-0.05, 0) is 55.8 Å². The van der Waals surface area contributed by atoms with Gasteiger partial charge in [0.05, 0.1) is 17.6 Å². The van der Waals surface area contributed by atoms with E-state index in [1.807, 2.05) is 30.3 Å². The Kier molecular flexibility index (Phi) is 5.72. The number of ether oxygens (including phenoxy) is 1. The van der Waals surface area contributed by atoms with Gasteiger partial charge in [0, 0.05) is 18.0 Å². The number of hydrogen-bond donors (Lipinski definition) is 1. The van der Waals surface area contributed by atoms with Gasteiger partial charge in [-0.2, -0.15) is 0 Å². The molecule has 2 N–H and O–H groups in total. The van der Waals surface area contributed by atoms with E-state index in [0.29, 0.717) is 13.2 Å². The number of benzene rings is 2. The zero-order chi connectivity index (χ0) is 16.8. The van der Waals surface area contributed by atoms with Gasteiger partial charge in [0.25, 0.3) is 0 Å². The fraction of sp³-hybridized carbons (Fsp3) is 0.316. The fourth-order valence-corrected chi connectivity index (χ4v) is 2.91. The lowest BCUT2D eigenvalue weighted by molar-refractivity contribution is 0.303. The molecule has 0 aliphatic rings. The highest BCUT2D eigenvalue weighted by Crippen LogP contribution is 2.18. The Hall–Kier alpha value is -2.04. The van der Waals surface area contributed by atoms with Gasteiger partial charge in [0.2, 0.25) is 0 Å². The first kappa shape index (κ1) is 16.8. The molecule has 2 aromatic carbocycles. The van der Waals surface area contributed by atoms with Crippen LogP contribution >= 0.6 is 11.6 Å². The Morgan fingerprint density at radius 3 is 2.62 bits per heavy atom. The number of imidazole rings is 1. The van der Waals surface area contributed by atoms with Crippen LogP contribution in [-0.4, -0.2) is 22.7 Å². The minimum Gasteiger partial charge on any atom is -0.494 e. The summed E-state index contributed by atoms with van der Waals surface area (Å²) in [5, 5.41) is 0.724. The van der Waals surface area contributed by atoms with E-state index in [1.54, 1.807) is 0 Å². The molecule has 0 unspecified atom stereocenters. The summed E-state index contributed by atoms with van der Waals surface area (Å²) in [6.45, 7) is 2.24. The van der Waals surface area contributed by atoms with Gasteiger partial charge in [-0.3, -0.25) is 0 Å². The summed E-state index contributed by atoms with van der Waals surface area (Å²) in [6.07, 6.45) is 2.82. The maximum atomic E-state index is 5.87. The van der Waals surface area contributed by atoms with Crippen molar-refractivity contribution in [1.29, 1.82) is 0 Å². The predicted octanol–water partition coefficient (Wildman–Crippen LogP) is 4.05. The Morgan fingerprint density at radius 1 is 1.04 bits per heavy atom. The van der Waals surface area contributed by atoms with Gasteiger partial charge in [-0.1, -0.05) is 23.7 Å². The molecule has 0 bridgehead atoms. The van der Waals surface area contributed by atoms with E-state index >= 15 is 0 Å². The van der Waals surface area contributed by atoms with Crippen molar-refractivity contribution in [3.8, 4) is 5.75 Å². The van der Waals surface area contributed by atoms with Crippen molar-refractivity contribution in [3.05, 3.63) is 59.4 Å². The smallest absolute Gasteiger partial charge is 0.119 e. The summed E-state index contributed by atoms with van der Waals surface area (Å²) in [5.41, 5.74) is 7.94. The van der Waals surface area contributed by atoms with Crippen molar-refractivity contribution in [3.63, 3.8) is 0 Å². The Bertz CT molecular complexity index is 783. The van der Waals surface area contributed by atoms with E-state index in [2.05, 4.69) is 22.8 Å². The van der Waals surface area contributed by atoms with E-state index < -0.39 is 0 Å². The molecule has 3 rings (SSSR count). The summed E-state index contributed by atoms with van der Waals surface area (Å²) >= 11 is 5.87. The van der Waals surface area contributed by atoms with Gasteiger partial charge in [-0.15, -0.1) is 0 Å². The number of rotatable bonds is 8. The lowest BCUT2D eigenvalue weighted by Crippen LogP contribution is -2.11. The predicted molar refractivity (Wildman–Crippen MR) is 98.7 cm³/mol. The second-order valence-corrected chi connectivity index (χ2v) is 6.15. The zero-order valence-corrected chi connectivity index (χ0v) is 14.4. The number of aromatic nitrogens is 2. The molecule has 0 aliphatic carbocycles. The molecule has 24 heavy (non-hydrogen) atoms. The van der Waals surface area contributed by atoms with Gasteiger partial charge >= 0.3 is 0 Å². The van der Waals surface area contributed by atoms with Crippen LogP contribution in [0.5, 0.6) is 5.75 Å². The molecule has 0 spiro atoms. The Labute approximate surface area is 147 Å². The van der Waals surface area contributed by atoms with Crippen molar-refractivity contribution >= 4 is 22.6 Å². The highest BCUT2D eigenvalue weighted by Gasteiger charge is 2.09. The molecule has 1 aromatic heterocycles. The molecule has 0 radical (unpaired) electrons. The Balaban J connectivity index is 1.55. The zero-order valence-electron chi connectivity index (χ0n) is 13.6. The molecule has 1 heterocycles. The quantitative estimate of drug-likeness (QED) is 0.628. The third kappa shape index (κ3) is 4.08. The number of hydrogen-bond acceptors (Lipinski definition) is 3. The number of unbranched alkanes of at least 4 members (excludes halogenated alkanes) is 1. The normalized spacial score (nSPS) is 11.1. The standard InChI is InChI=1S/C19H22ClN3O/c20-15-7-9-16(10-8-15)24-14-4-3-13-23-18-6-2-1-5-17(18)22-19(23)11-12-21/h1-2,5-10H,3-4,11-14,21H2. The molecule has 0 aliphatic heterocycles. The maximum Gasteiger partial charge on any atom is 0.119 e. The molecule has 0 atom stereocenters. The van der Waals surface area contributed by atoms with Crippen molar-refractivity contribution in [2.24, 2.45) is 5.73 Å². The van der Waals surface area contributed by atoms with Crippen LogP contribution in [0.25, 0.3) is 11.0 Å². The monoisotopic (exact) mass is 343 g/mol. The van der Waals surface area contributed by atoms with E-state index in [9.17, 15) is 0 Å². The maximum absolute atomic E-state index is 5.87. The second kappa shape index (κ2) is 8.18. The summed E-state index contributed by atoms with van der Waals surface area (Å²) in [6, 6.07) is 15.7. The molecule has 0 fully saturated rings.